The molecule has 10 heteroatoms. The molecule has 34 heavy (non-hydrogen) atoms. The Balaban J connectivity index is 1.90. The Bertz CT molecular complexity index is 1140. The van der Waals surface area contributed by atoms with Crippen molar-refractivity contribution in [1.82, 2.24) is 10.2 Å². The fraction of sp³-hybridized carbons (Fsp3) is 0.417. The number of amides is 2. The van der Waals surface area contributed by atoms with Crippen LogP contribution >= 0.6 is 15.9 Å². The minimum atomic E-state index is -3.83. The molecule has 0 aliphatic heterocycles. The van der Waals surface area contributed by atoms with Crippen LogP contribution in [0.15, 0.2) is 53.0 Å². The first-order valence-electron chi connectivity index (χ1n) is 11.1. The van der Waals surface area contributed by atoms with Crippen LogP contribution in [0.3, 0.4) is 0 Å². The molecule has 1 aliphatic rings. The van der Waals surface area contributed by atoms with Crippen LogP contribution in [0.4, 0.5) is 10.1 Å². The van der Waals surface area contributed by atoms with E-state index in [1.54, 1.807) is 49.4 Å². The minimum Gasteiger partial charge on any atom is -0.352 e. The number of benzene rings is 2. The molecule has 1 aliphatic carbocycles. The van der Waals surface area contributed by atoms with Crippen molar-refractivity contribution in [2.24, 2.45) is 0 Å². The van der Waals surface area contributed by atoms with Gasteiger partial charge in [0.2, 0.25) is 21.8 Å². The predicted molar refractivity (Wildman–Crippen MR) is 133 cm³/mol. The number of sulfonamides is 1. The maximum atomic E-state index is 14.4. The average Bonchev–Trinajstić information content (AvgIpc) is 3.29. The minimum absolute atomic E-state index is 0.0492. The number of nitrogens with one attached hydrogen (secondary N) is 1. The van der Waals surface area contributed by atoms with Crippen LogP contribution in [0.2, 0.25) is 0 Å². The molecule has 1 fully saturated rings. The van der Waals surface area contributed by atoms with Crippen LogP contribution in [0, 0.1) is 5.82 Å². The lowest BCUT2D eigenvalue weighted by atomic mass is 10.1. The van der Waals surface area contributed by atoms with Gasteiger partial charge in [-0.2, -0.15) is 0 Å². The molecule has 1 N–H and O–H groups in total. The molecule has 0 saturated heterocycles. The number of hydrogen-bond acceptors (Lipinski definition) is 4. The molecule has 0 spiro atoms. The highest BCUT2D eigenvalue weighted by Gasteiger charge is 2.32. The second kappa shape index (κ2) is 11.3. The number of anilines is 1. The summed E-state index contributed by atoms with van der Waals surface area (Å²) in [4.78, 5) is 27.7. The first-order valence-corrected chi connectivity index (χ1v) is 13.8. The highest BCUT2D eigenvalue weighted by Crippen LogP contribution is 2.28. The van der Waals surface area contributed by atoms with Crippen molar-refractivity contribution in [3.8, 4) is 0 Å². The largest absolute Gasteiger partial charge is 0.352 e. The number of carbonyl (C=O) groups excluding carboxylic acids is 2. The topological polar surface area (TPSA) is 86.8 Å². The molecule has 7 nitrogen and oxygen atoms in total. The Hall–Kier alpha value is -2.46. The van der Waals surface area contributed by atoms with Crippen molar-refractivity contribution < 1.29 is 22.4 Å². The summed E-state index contributed by atoms with van der Waals surface area (Å²) in [6.07, 6.45) is 4.84. The molecule has 0 bridgehead atoms. The number of para-hydroxylation sites is 1. The summed E-state index contributed by atoms with van der Waals surface area (Å²) in [5, 5.41) is 2.97. The lowest BCUT2D eigenvalue weighted by Gasteiger charge is -2.32. The Morgan fingerprint density at radius 2 is 1.74 bits per heavy atom. The summed E-state index contributed by atoms with van der Waals surface area (Å²) in [5.74, 6) is -1.46. The zero-order valence-electron chi connectivity index (χ0n) is 19.2. The Morgan fingerprint density at radius 1 is 1.12 bits per heavy atom. The summed E-state index contributed by atoms with van der Waals surface area (Å²) in [7, 11) is -3.83. The predicted octanol–water partition coefficient (Wildman–Crippen LogP) is 3.83. The van der Waals surface area contributed by atoms with Gasteiger partial charge < -0.3 is 10.2 Å². The number of hydrogen-bond donors (Lipinski definition) is 1. The Morgan fingerprint density at radius 3 is 2.35 bits per heavy atom. The Labute approximate surface area is 208 Å². The van der Waals surface area contributed by atoms with E-state index in [4.69, 9.17) is 0 Å². The van der Waals surface area contributed by atoms with Crippen molar-refractivity contribution in [1.29, 1.82) is 0 Å². The molecule has 1 saturated carbocycles. The van der Waals surface area contributed by atoms with Crippen molar-refractivity contribution in [2.45, 2.75) is 51.2 Å². The van der Waals surface area contributed by atoms with E-state index in [1.165, 1.54) is 11.0 Å². The van der Waals surface area contributed by atoms with Crippen LogP contribution < -0.4 is 9.62 Å². The van der Waals surface area contributed by atoms with Gasteiger partial charge in [-0.15, -0.1) is 0 Å². The molecular weight excluding hydrogens is 525 g/mol. The third-order valence-corrected chi connectivity index (χ3v) is 7.76. The standard InChI is InChI=1S/C24H29BrFN3O4S/c1-17(24(31)27-19-10-4-5-11-19)28(15-18-9-3-7-13-21(18)26)23(30)16-29(34(2,32)33)22-14-8-6-12-20(22)25/h3,6-9,12-14,17,19H,4-5,10-11,15-16H2,1-2H3,(H,27,31)/t17-/m1/s1. The molecular formula is C24H29BrFN3O4S. The van der Waals surface area contributed by atoms with Crippen LogP contribution in [-0.2, 0) is 26.2 Å². The summed E-state index contributed by atoms with van der Waals surface area (Å²) < 4.78 is 41.1. The van der Waals surface area contributed by atoms with Crippen molar-refractivity contribution in [3.63, 3.8) is 0 Å². The second-order valence-corrected chi connectivity index (χ2v) is 11.3. The van der Waals surface area contributed by atoms with E-state index in [1.807, 2.05) is 0 Å². The van der Waals surface area contributed by atoms with Crippen LogP contribution in [0.1, 0.15) is 38.2 Å². The van der Waals surface area contributed by atoms with E-state index in [0.717, 1.165) is 36.2 Å². The molecule has 2 aromatic rings. The molecule has 2 aromatic carbocycles. The van der Waals surface area contributed by atoms with Crippen LogP contribution in [-0.4, -0.2) is 50.0 Å². The highest BCUT2D eigenvalue weighted by molar-refractivity contribution is 9.10. The summed E-state index contributed by atoms with van der Waals surface area (Å²) in [5.41, 5.74) is 0.537. The van der Waals surface area contributed by atoms with E-state index >= 15 is 0 Å². The number of halogens is 2. The van der Waals surface area contributed by atoms with E-state index < -0.39 is 34.3 Å². The summed E-state index contributed by atoms with van der Waals surface area (Å²) >= 11 is 3.34. The number of nitrogens with zero attached hydrogens (tertiary/aromatic N) is 2. The van der Waals surface area contributed by atoms with Gasteiger partial charge in [-0.05, 0) is 53.9 Å². The normalized spacial score (nSPS) is 15.1. The highest BCUT2D eigenvalue weighted by atomic mass is 79.9. The van der Waals surface area contributed by atoms with Crippen molar-refractivity contribution in [2.75, 3.05) is 17.1 Å². The first-order chi connectivity index (χ1) is 16.1. The van der Waals surface area contributed by atoms with Crippen LogP contribution in [0.25, 0.3) is 0 Å². The van der Waals surface area contributed by atoms with Gasteiger partial charge >= 0.3 is 0 Å². The fourth-order valence-electron chi connectivity index (χ4n) is 4.03. The zero-order valence-corrected chi connectivity index (χ0v) is 21.6. The molecule has 184 valence electrons. The molecule has 0 heterocycles. The lowest BCUT2D eigenvalue weighted by molar-refractivity contribution is -0.139. The number of carbonyl (C=O) groups is 2. The quantitative estimate of drug-likeness (QED) is 0.511. The zero-order chi connectivity index (χ0) is 24.9. The van der Waals surface area contributed by atoms with Gasteiger partial charge in [0.05, 0.1) is 11.9 Å². The fourth-order valence-corrected chi connectivity index (χ4v) is 5.51. The van der Waals surface area contributed by atoms with Gasteiger partial charge in [0, 0.05) is 22.6 Å². The molecule has 0 radical (unpaired) electrons. The second-order valence-electron chi connectivity index (χ2n) is 8.50. The molecule has 2 amide bonds. The van der Waals surface area contributed by atoms with Gasteiger partial charge in [-0.3, -0.25) is 13.9 Å². The van der Waals surface area contributed by atoms with Gasteiger partial charge in [-0.1, -0.05) is 43.2 Å². The van der Waals surface area contributed by atoms with Crippen molar-refractivity contribution >= 4 is 43.5 Å². The smallest absolute Gasteiger partial charge is 0.244 e. The lowest BCUT2D eigenvalue weighted by Crippen LogP contribution is -2.52. The van der Waals surface area contributed by atoms with E-state index in [2.05, 4.69) is 21.2 Å². The number of rotatable bonds is 9. The SMILES string of the molecule is C[C@H](C(=O)NC1CCCC1)N(Cc1ccccc1F)C(=O)CN(c1ccccc1Br)S(C)(=O)=O. The monoisotopic (exact) mass is 553 g/mol. The van der Waals surface area contributed by atoms with Gasteiger partial charge in [0.15, 0.2) is 0 Å². The van der Waals surface area contributed by atoms with Gasteiger partial charge in [0.25, 0.3) is 0 Å². The van der Waals surface area contributed by atoms with Crippen molar-refractivity contribution in [3.05, 3.63) is 64.4 Å². The van der Waals surface area contributed by atoms with E-state index in [-0.39, 0.29) is 24.1 Å². The maximum Gasteiger partial charge on any atom is 0.244 e. The van der Waals surface area contributed by atoms with E-state index in [9.17, 15) is 22.4 Å². The molecule has 0 aromatic heterocycles. The first kappa shape index (κ1) is 26.2. The van der Waals surface area contributed by atoms with Crippen LogP contribution in [0.5, 0.6) is 0 Å². The molecule has 0 unspecified atom stereocenters. The van der Waals surface area contributed by atoms with Gasteiger partial charge in [-0.25, -0.2) is 12.8 Å². The average molecular weight is 554 g/mol. The van der Waals surface area contributed by atoms with E-state index in [0.29, 0.717) is 10.2 Å². The third kappa shape index (κ3) is 6.56. The molecule has 1 atom stereocenters. The maximum absolute atomic E-state index is 14.4. The summed E-state index contributed by atoms with van der Waals surface area (Å²) in [6.45, 7) is 0.877. The molecule has 3 rings (SSSR count). The third-order valence-electron chi connectivity index (χ3n) is 5.97. The summed E-state index contributed by atoms with van der Waals surface area (Å²) in [6, 6.07) is 11.8. The van der Waals surface area contributed by atoms with Gasteiger partial charge in [0.1, 0.15) is 18.4 Å². The Kier molecular flexibility index (Phi) is 8.70.